The van der Waals surface area contributed by atoms with Crippen molar-refractivity contribution in [2.75, 3.05) is 39.4 Å². The summed E-state index contributed by atoms with van der Waals surface area (Å²) in [5.74, 6) is -0.0344. The van der Waals surface area contributed by atoms with Crippen LogP contribution in [0.15, 0.2) is 243 Å². The number of rotatable bonds is 40. The molecule has 586 valence electrons. The predicted molar refractivity (Wildman–Crippen MR) is 487 cm³/mol. The van der Waals surface area contributed by atoms with Gasteiger partial charge >= 0.3 is 17.9 Å². The Morgan fingerprint density at radius 1 is 0.518 bits per heavy atom. The van der Waals surface area contributed by atoms with Gasteiger partial charge in [0.1, 0.15) is 25.4 Å². The van der Waals surface area contributed by atoms with Gasteiger partial charge in [-0.25, -0.2) is 0 Å². The van der Waals surface area contributed by atoms with Crippen LogP contribution in [0, 0.1) is 17.3 Å². The summed E-state index contributed by atoms with van der Waals surface area (Å²) >= 11 is 36.3. The van der Waals surface area contributed by atoms with E-state index in [0.717, 1.165) is 105 Å². The van der Waals surface area contributed by atoms with Crippen LogP contribution in [0.3, 0.4) is 0 Å². The second-order valence-corrected chi connectivity index (χ2v) is 34.0. The van der Waals surface area contributed by atoms with Crippen molar-refractivity contribution in [1.29, 1.82) is 0 Å². The van der Waals surface area contributed by atoms with Crippen molar-refractivity contribution in [3.05, 3.63) is 298 Å². The number of likely N-dealkylation sites (N-methyl/N-ethyl adjacent to an activating group) is 1. The van der Waals surface area contributed by atoms with E-state index in [2.05, 4.69) is 184 Å². The van der Waals surface area contributed by atoms with Crippen LogP contribution in [0.25, 0.3) is 0 Å². The number of thioether (sulfide) groups is 3. The summed E-state index contributed by atoms with van der Waals surface area (Å²) in [6.07, 6.45) is 18.7. The lowest BCUT2D eigenvalue weighted by Gasteiger charge is -2.36. The SMILES string of the molecule is C=CCCc1ccc(C(CCCC(=O)OCC(CC)(COC(=O)CCCC(C)CC(SC(=S)c2ccccc2)c2ccccc2)COC(=O)CCCC(C)CC(SC(=S)c2ccccc2)c2ccccc2)CC(SC(=S)c2ccccc2)c2ccccc2)cc1.CNC1(c2ccccc2Cl)CCCCC1=O.CS.CS. The van der Waals surface area contributed by atoms with Gasteiger partial charge in [-0.05, 0) is 171 Å². The van der Waals surface area contributed by atoms with Gasteiger partial charge in [0.25, 0.3) is 0 Å². The Morgan fingerprint density at radius 3 is 1.25 bits per heavy atom. The standard InChI is InChI=1S/C78H88O6S6.C13H16ClNO.2CH4S/c1-5-7-31-60-48-50-61(51-49-60)68(54-71(64-36-18-10-19-37-64)90-77(87)67-42-24-13-25-43-67)44-28-47-74(81)84-57-78(6-2,55-82-72(79)45-26-29-58(3)52-69(62-32-14-8-15-33-62)88-75(85)65-38-20-11-21-39-65)56-83-73(80)46-27-30-59(4)53-70(63-34-16-9-17-35-63)89-76(86)66-40-22-12-23-41-66;1-15-13(9-5-4-8-12(13)16)10-6-2-3-7-11(10)14;2*1-2/h5,8-25,32-43,48-51,58-59,68-71H,1,6-7,26-31,44-47,52-57H2,2-4H3;2-3,6-7,15H,4-5,8-9H2,1H3;2*2H,1H3. The number of allylic oxidation sites excluding steroid dienone is 1. The number of carbonyl (C=O) groups is 4. The maximum atomic E-state index is 14.0. The fourth-order valence-electron chi connectivity index (χ4n) is 13.5. The number of thiol groups is 2. The first-order chi connectivity index (χ1) is 53.5. The summed E-state index contributed by atoms with van der Waals surface area (Å²) in [5, 5.41) is 4.25. The number of ketones is 1. The van der Waals surface area contributed by atoms with Crippen molar-refractivity contribution < 1.29 is 33.4 Å². The van der Waals surface area contributed by atoms with E-state index in [1.807, 2.05) is 117 Å². The lowest BCUT2D eigenvalue weighted by atomic mass is 9.75. The Kier molecular flexibility index (Phi) is 44.1. The second-order valence-electron chi connectivity index (χ2n) is 28.0. The highest BCUT2D eigenvalue weighted by Crippen LogP contribution is 2.44. The smallest absolute Gasteiger partial charge is 0.305 e. The zero-order valence-electron chi connectivity index (χ0n) is 64.8. The number of aryl methyl sites for hydroxylation is 1. The summed E-state index contributed by atoms with van der Waals surface area (Å²) in [7, 11) is 1.84. The lowest BCUT2D eigenvalue weighted by Crippen LogP contribution is -2.49. The van der Waals surface area contributed by atoms with Gasteiger partial charge in [-0.3, -0.25) is 19.2 Å². The highest BCUT2D eigenvalue weighted by atomic mass is 35.5. The molecule has 7 unspecified atom stereocenters. The Balaban J connectivity index is 0.000000821. The maximum absolute atomic E-state index is 14.0. The summed E-state index contributed by atoms with van der Waals surface area (Å²) in [4.78, 5) is 53.6. The van der Waals surface area contributed by atoms with E-state index < -0.39 is 11.0 Å². The first-order valence-corrected chi connectivity index (χ1v) is 44.5. The van der Waals surface area contributed by atoms with E-state index in [4.69, 9.17) is 62.5 Å². The Labute approximate surface area is 702 Å². The van der Waals surface area contributed by atoms with Crippen molar-refractivity contribution >= 4 is 145 Å². The van der Waals surface area contributed by atoms with Crippen LogP contribution in [-0.2, 0) is 45.3 Å². The number of Topliss-reactive ketones (excluding diaryl/α,β-unsaturated/α-hetero) is 1. The molecule has 9 rings (SSSR count). The molecule has 0 spiro atoms. The molecule has 0 heterocycles. The quantitative estimate of drug-likeness (QED) is 0.0111. The fraction of sp³-hybridized carbons (Fsp3) is 0.387. The number of hydrogen-bond acceptors (Lipinski definition) is 16. The van der Waals surface area contributed by atoms with Crippen molar-refractivity contribution in [3.63, 3.8) is 0 Å². The van der Waals surface area contributed by atoms with E-state index in [-0.39, 0.29) is 84.4 Å². The van der Waals surface area contributed by atoms with Gasteiger partial charge in [-0.15, -0.1) is 41.9 Å². The third-order valence-electron chi connectivity index (χ3n) is 20.0. The van der Waals surface area contributed by atoms with Crippen LogP contribution >= 0.6 is 109 Å². The molecule has 8 aromatic carbocycles. The minimum atomic E-state index is -0.955. The number of carbonyl (C=O) groups excluding carboxylic acids is 4. The van der Waals surface area contributed by atoms with E-state index >= 15 is 0 Å². The number of nitrogens with one attached hydrogen (secondary N) is 1. The van der Waals surface area contributed by atoms with Crippen LogP contribution in [0.2, 0.25) is 5.02 Å². The van der Waals surface area contributed by atoms with Crippen LogP contribution in [0.5, 0.6) is 0 Å². The molecule has 1 N–H and O–H groups in total. The molecule has 17 heteroatoms. The zero-order valence-corrected chi connectivity index (χ0v) is 72.3. The molecule has 0 aliphatic heterocycles. The molecule has 110 heavy (non-hydrogen) atoms. The first-order valence-electron chi connectivity index (χ1n) is 38.5. The highest BCUT2D eigenvalue weighted by molar-refractivity contribution is 8.24. The summed E-state index contributed by atoms with van der Waals surface area (Å²) in [6.45, 7) is 10.2. The average Bonchev–Trinajstić information content (AvgIpc) is 0.776. The molecule has 8 nitrogen and oxygen atoms in total. The number of ether oxygens (including phenoxy) is 3. The van der Waals surface area contributed by atoms with E-state index in [1.165, 1.54) is 27.8 Å². The van der Waals surface area contributed by atoms with Crippen LogP contribution < -0.4 is 5.32 Å². The van der Waals surface area contributed by atoms with Gasteiger partial charge in [0, 0.05) is 46.5 Å². The number of benzene rings is 8. The van der Waals surface area contributed by atoms with Crippen LogP contribution in [0.1, 0.15) is 208 Å². The van der Waals surface area contributed by atoms with Gasteiger partial charge in [0.15, 0.2) is 5.78 Å². The summed E-state index contributed by atoms with van der Waals surface area (Å²) < 4.78 is 20.9. The Bertz CT molecular complexity index is 3890. The Morgan fingerprint density at radius 2 is 0.882 bits per heavy atom. The summed E-state index contributed by atoms with van der Waals surface area (Å²) in [5.41, 5.74) is 8.64. The molecule has 8 aromatic rings. The maximum Gasteiger partial charge on any atom is 0.305 e. The molecule has 1 saturated carbocycles. The van der Waals surface area contributed by atoms with Crippen molar-refractivity contribution in [2.24, 2.45) is 17.3 Å². The molecule has 0 saturated heterocycles. The van der Waals surface area contributed by atoms with Gasteiger partial charge in [0.2, 0.25) is 0 Å². The molecule has 7 atom stereocenters. The van der Waals surface area contributed by atoms with Gasteiger partial charge in [-0.2, -0.15) is 25.3 Å². The Hall–Kier alpha value is -6.15. The highest BCUT2D eigenvalue weighted by Gasteiger charge is 2.41. The summed E-state index contributed by atoms with van der Waals surface area (Å²) in [6, 6.07) is 78.5. The minimum absolute atomic E-state index is 0.0588. The monoisotopic (exact) mass is 1650 g/mol. The number of hydrogen-bond donors (Lipinski definition) is 3. The molecule has 0 aromatic heterocycles. The molecule has 0 radical (unpaired) electrons. The zero-order chi connectivity index (χ0) is 79.4. The fourth-order valence-corrected chi connectivity index (χ4v) is 18.9. The molecular weight excluding hydrogens is 1540 g/mol. The van der Waals surface area contributed by atoms with Crippen molar-refractivity contribution in [2.45, 2.75) is 170 Å². The number of esters is 3. The van der Waals surface area contributed by atoms with Crippen molar-refractivity contribution in [3.8, 4) is 0 Å². The third-order valence-corrected chi connectivity index (χ3v) is 25.5. The average molecular weight is 1650 g/mol. The van der Waals surface area contributed by atoms with E-state index in [0.29, 0.717) is 49.0 Å². The molecule has 0 amide bonds. The third kappa shape index (κ3) is 31.7. The van der Waals surface area contributed by atoms with Gasteiger partial charge in [0.05, 0.1) is 18.0 Å². The number of thiocarbonyl (C=S) groups is 3. The van der Waals surface area contributed by atoms with Crippen LogP contribution in [0.4, 0.5) is 0 Å². The molecule has 1 aliphatic carbocycles. The predicted octanol–water partition coefficient (Wildman–Crippen LogP) is 25.4. The minimum Gasteiger partial charge on any atom is -0.465 e. The second kappa shape index (κ2) is 52.3. The first kappa shape index (κ1) is 92.7. The molecular formula is C93H112ClNO7S8. The van der Waals surface area contributed by atoms with Gasteiger partial charge in [-0.1, -0.05) is 319 Å². The normalized spacial score (nSPS) is 15.2. The van der Waals surface area contributed by atoms with Crippen molar-refractivity contribution in [1.82, 2.24) is 5.32 Å². The van der Waals surface area contributed by atoms with E-state index in [1.54, 1.807) is 47.8 Å². The molecule has 1 aliphatic rings. The van der Waals surface area contributed by atoms with E-state index in [9.17, 15) is 19.2 Å². The van der Waals surface area contributed by atoms with Crippen LogP contribution in [-0.4, -0.2) is 75.7 Å². The lowest BCUT2D eigenvalue weighted by molar-refractivity contribution is -0.162. The largest absolute Gasteiger partial charge is 0.465 e. The molecule has 1 fully saturated rings. The number of halogens is 1. The molecule has 0 bridgehead atoms. The topological polar surface area (TPSA) is 108 Å². The van der Waals surface area contributed by atoms with Gasteiger partial charge < -0.3 is 19.5 Å².